The predicted molar refractivity (Wildman–Crippen MR) is 70.6 cm³/mol. The normalized spacial score (nSPS) is 10.1. The van der Waals surface area contributed by atoms with Crippen molar-refractivity contribution >= 4 is 17.6 Å². The first-order valence-electron chi connectivity index (χ1n) is 5.61. The fraction of sp³-hybridized carbons (Fsp3) is 0.143. The summed E-state index contributed by atoms with van der Waals surface area (Å²) < 4.78 is 4.87. The lowest BCUT2D eigenvalue weighted by Crippen LogP contribution is -2.07. The van der Waals surface area contributed by atoms with Gasteiger partial charge in [0.1, 0.15) is 10.8 Å². The fourth-order valence-electron chi connectivity index (χ4n) is 1.59. The van der Waals surface area contributed by atoms with Crippen LogP contribution >= 0.6 is 11.6 Å². The highest BCUT2D eigenvalue weighted by molar-refractivity contribution is 6.32. The van der Waals surface area contributed by atoms with Crippen molar-refractivity contribution in [3.05, 3.63) is 53.3 Å². The van der Waals surface area contributed by atoms with E-state index in [2.05, 4.69) is 4.98 Å². The van der Waals surface area contributed by atoms with Crippen molar-refractivity contribution in [2.24, 2.45) is 0 Å². The molecule has 1 aromatic carbocycles. The molecular weight excluding hydrogens is 250 g/mol. The summed E-state index contributed by atoms with van der Waals surface area (Å²) in [5.41, 5.74) is 1.98. The van der Waals surface area contributed by atoms with Gasteiger partial charge in [-0.05, 0) is 24.6 Å². The van der Waals surface area contributed by atoms with Crippen molar-refractivity contribution in [3.8, 4) is 11.1 Å². The second-order valence-electron chi connectivity index (χ2n) is 3.62. The van der Waals surface area contributed by atoms with Crippen LogP contribution in [0.2, 0.25) is 5.15 Å². The van der Waals surface area contributed by atoms with Crippen LogP contribution in [0.5, 0.6) is 0 Å². The maximum absolute atomic E-state index is 11.5. The molecule has 1 heterocycles. The van der Waals surface area contributed by atoms with Gasteiger partial charge in [0.25, 0.3) is 0 Å². The van der Waals surface area contributed by atoms with Gasteiger partial charge in [-0.3, -0.25) is 0 Å². The van der Waals surface area contributed by atoms with Gasteiger partial charge in [0, 0.05) is 5.56 Å². The number of ether oxygens (including phenoxy) is 1. The highest BCUT2D eigenvalue weighted by Crippen LogP contribution is 2.26. The van der Waals surface area contributed by atoms with Crippen LogP contribution in [-0.4, -0.2) is 17.6 Å². The summed E-state index contributed by atoms with van der Waals surface area (Å²) in [7, 11) is 0. The average Bonchev–Trinajstić information content (AvgIpc) is 2.40. The Kier molecular flexibility index (Phi) is 3.95. The lowest BCUT2D eigenvalue weighted by Gasteiger charge is -2.06. The van der Waals surface area contributed by atoms with E-state index in [1.165, 1.54) is 0 Å². The number of benzene rings is 1. The second kappa shape index (κ2) is 5.65. The van der Waals surface area contributed by atoms with Gasteiger partial charge in [0.05, 0.1) is 6.61 Å². The quantitative estimate of drug-likeness (QED) is 0.626. The van der Waals surface area contributed by atoms with Crippen LogP contribution in [0.4, 0.5) is 0 Å². The number of hydrogen-bond donors (Lipinski definition) is 0. The van der Waals surface area contributed by atoms with Crippen molar-refractivity contribution < 1.29 is 9.53 Å². The smallest absolute Gasteiger partial charge is 0.356 e. The molecule has 0 aliphatic heterocycles. The van der Waals surface area contributed by atoms with Crippen molar-refractivity contribution in [3.63, 3.8) is 0 Å². The van der Waals surface area contributed by atoms with Gasteiger partial charge in [-0.2, -0.15) is 0 Å². The van der Waals surface area contributed by atoms with Crippen LogP contribution < -0.4 is 0 Å². The molecule has 0 amide bonds. The third-order valence-corrected chi connectivity index (χ3v) is 2.71. The third kappa shape index (κ3) is 2.68. The highest BCUT2D eigenvalue weighted by Gasteiger charge is 2.11. The molecule has 0 bridgehead atoms. The zero-order valence-electron chi connectivity index (χ0n) is 9.89. The summed E-state index contributed by atoms with van der Waals surface area (Å²) in [4.78, 5) is 15.6. The first kappa shape index (κ1) is 12.6. The van der Waals surface area contributed by atoms with E-state index in [0.717, 1.165) is 11.1 Å². The van der Waals surface area contributed by atoms with Gasteiger partial charge in [-0.15, -0.1) is 0 Å². The lowest BCUT2D eigenvalue weighted by molar-refractivity contribution is 0.0519. The van der Waals surface area contributed by atoms with Gasteiger partial charge >= 0.3 is 5.97 Å². The van der Waals surface area contributed by atoms with Crippen LogP contribution in [0.1, 0.15) is 17.4 Å². The van der Waals surface area contributed by atoms with Crippen LogP contribution in [-0.2, 0) is 4.74 Å². The van der Waals surface area contributed by atoms with Gasteiger partial charge in [-0.25, -0.2) is 9.78 Å². The van der Waals surface area contributed by atoms with Crippen LogP contribution in [0.3, 0.4) is 0 Å². The molecule has 0 saturated heterocycles. The number of esters is 1. The molecule has 92 valence electrons. The van der Waals surface area contributed by atoms with Crippen molar-refractivity contribution in [1.82, 2.24) is 4.98 Å². The first-order chi connectivity index (χ1) is 8.72. The lowest BCUT2D eigenvalue weighted by atomic mass is 10.1. The fourth-order valence-corrected chi connectivity index (χ4v) is 1.85. The van der Waals surface area contributed by atoms with E-state index in [1.54, 1.807) is 19.1 Å². The number of rotatable bonds is 3. The molecule has 0 aliphatic carbocycles. The summed E-state index contributed by atoms with van der Waals surface area (Å²) in [5, 5.41) is 0.298. The molecule has 0 fully saturated rings. The molecule has 0 spiro atoms. The Bertz CT molecular complexity index is 555. The Balaban J connectivity index is 2.34. The molecule has 2 rings (SSSR count). The Morgan fingerprint density at radius 2 is 1.94 bits per heavy atom. The zero-order chi connectivity index (χ0) is 13.0. The monoisotopic (exact) mass is 261 g/mol. The third-order valence-electron chi connectivity index (χ3n) is 2.42. The molecule has 3 nitrogen and oxygen atoms in total. The summed E-state index contributed by atoms with van der Waals surface area (Å²) in [6, 6.07) is 13.0. The van der Waals surface area contributed by atoms with Gasteiger partial charge < -0.3 is 4.74 Å². The molecular formula is C14H12ClNO2. The summed E-state index contributed by atoms with van der Waals surface area (Å²) in [6.07, 6.45) is 0. The number of halogens is 1. The van der Waals surface area contributed by atoms with Crippen molar-refractivity contribution in [2.45, 2.75) is 6.92 Å². The van der Waals surface area contributed by atoms with E-state index in [1.807, 2.05) is 30.3 Å². The van der Waals surface area contributed by atoms with E-state index < -0.39 is 5.97 Å². The maximum Gasteiger partial charge on any atom is 0.356 e. The SMILES string of the molecule is CCOC(=O)c1ccc(-c2ccccc2)c(Cl)n1. The average molecular weight is 262 g/mol. The summed E-state index contributed by atoms with van der Waals surface area (Å²) in [6.45, 7) is 2.07. The Morgan fingerprint density at radius 3 is 2.56 bits per heavy atom. The molecule has 0 saturated carbocycles. The Morgan fingerprint density at radius 1 is 1.22 bits per heavy atom. The van der Waals surface area contributed by atoms with Crippen LogP contribution in [0.25, 0.3) is 11.1 Å². The van der Waals surface area contributed by atoms with Crippen LogP contribution in [0, 0.1) is 0 Å². The van der Waals surface area contributed by atoms with E-state index in [0.29, 0.717) is 11.8 Å². The topological polar surface area (TPSA) is 39.2 Å². The molecule has 0 unspecified atom stereocenters. The number of carbonyl (C=O) groups is 1. The van der Waals surface area contributed by atoms with Gasteiger partial charge in [-0.1, -0.05) is 41.9 Å². The largest absolute Gasteiger partial charge is 0.461 e. The number of hydrogen-bond acceptors (Lipinski definition) is 3. The molecule has 0 aliphatic rings. The zero-order valence-corrected chi connectivity index (χ0v) is 10.6. The number of aromatic nitrogens is 1. The minimum absolute atomic E-state index is 0.224. The van der Waals surface area contributed by atoms with E-state index in [9.17, 15) is 4.79 Å². The molecule has 2 aromatic rings. The highest BCUT2D eigenvalue weighted by atomic mass is 35.5. The minimum atomic E-state index is -0.459. The predicted octanol–water partition coefficient (Wildman–Crippen LogP) is 3.58. The maximum atomic E-state index is 11.5. The second-order valence-corrected chi connectivity index (χ2v) is 3.98. The van der Waals surface area contributed by atoms with Crippen LogP contribution in [0.15, 0.2) is 42.5 Å². The Hall–Kier alpha value is -1.87. The van der Waals surface area contributed by atoms with E-state index in [4.69, 9.17) is 16.3 Å². The van der Waals surface area contributed by atoms with E-state index >= 15 is 0 Å². The van der Waals surface area contributed by atoms with Crippen molar-refractivity contribution in [2.75, 3.05) is 6.61 Å². The number of nitrogens with zero attached hydrogens (tertiary/aromatic N) is 1. The Labute approximate surface area is 110 Å². The summed E-state index contributed by atoms with van der Waals surface area (Å²) in [5.74, 6) is -0.459. The molecule has 0 radical (unpaired) electrons. The standard InChI is InChI=1S/C14H12ClNO2/c1-2-18-14(17)12-9-8-11(13(15)16-12)10-6-4-3-5-7-10/h3-9H,2H2,1H3. The molecule has 18 heavy (non-hydrogen) atoms. The number of pyridine rings is 1. The molecule has 0 atom stereocenters. The van der Waals surface area contributed by atoms with Gasteiger partial charge in [0.15, 0.2) is 0 Å². The molecule has 1 aromatic heterocycles. The van der Waals surface area contributed by atoms with Crippen molar-refractivity contribution in [1.29, 1.82) is 0 Å². The van der Waals surface area contributed by atoms with Gasteiger partial charge in [0.2, 0.25) is 0 Å². The summed E-state index contributed by atoms with van der Waals surface area (Å²) >= 11 is 6.09. The molecule has 0 N–H and O–H groups in total. The first-order valence-corrected chi connectivity index (χ1v) is 5.99. The minimum Gasteiger partial charge on any atom is -0.461 e. The number of carbonyl (C=O) groups excluding carboxylic acids is 1. The molecule has 4 heteroatoms. The van der Waals surface area contributed by atoms with E-state index in [-0.39, 0.29) is 5.69 Å².